The van der Waals surface area contributed by atoms with Crippen molar-refractivity contribution in [3.05, 3.63) is 26.3 Å². The Hall–Kier alpha value is -2.42. The summed E-state index contributed by atoms with van der Waals surface area (Å²) >= 11 is 0. The number of carboxylic acid groups (broad SMARTS) is 2. The first-order valence-corrected chi connectivity index (χ1v) is 20.3. The fourth-order valence-corrected chi connectivity index (χ4v) is 5.96. The molecule has 0 aromatic carbocycles. The molecule has 8 N–H and O–H groups in total. The second kappa shape index (κ2) is 44.1. The maximum Gasteiger partial charge on any atom is 2.00 e. The number of hydrogen-bond acceptors (Lipinski definition) is 7. The number of Topliss-reactive ketones (excluding diaryl/α,β-unsaturated/α-hetero) is 2. The molecule has 0 aliphatic rings. The van der Waals surface area contributed by atoms with Gasteiger partial charge in [-0.25, -0.2) is 4.79 Å². The van der Waals surface area contributed by atoms with E-state index in [1.54, 1.807) is 6.92 Å². The van der Waals surface area contributed by atoms with Gasteiger partial charge in [0, 0.05) is 57.7 Å². The molecule has 334 valence electrons. The van der Waals surface area contributed by atoms with Crippen molar-refractivity contribution in [1.29, 1.82) is 0 Å². The van der Waals surface area contributed by atoms with E-state index in [1.165, 1.54) is 0 Å². The minimum Gasteiger partial charge on any atom is -0.677 e. The Morgan fingerprint density at radius 1 is 0.534 bits per heavy atom. The van der Waals surface area contributed by atoms with E-state index in [1.807, 2.05) is 0 Å². The number of carbonyl (C=O) groups excluding carboxylic acids is 5. The Morgan fingerprint density at radius 2 is 1.03 bits per heavy atom. The van der Waals surface area contributed by atoms with Crippen LogP contribution in [0.3, 0.4) is 0 Å². The van der Waals surface area contributed by atoms with E-state index < -0.39 is 23.9 Å². The SMILES string of the molecule is C[C@H](CCC(=O)O)NC(=O)NCCCCCNC(=O)CCCCCCC(=O)CC(CCCCCC(=O)C(CCCC[NH-])NC(=O)CCCCC[NH-])C(=O)O.[CH3-].[CH3-].[V+2].[V+2]. The molecule has 0 bridgehead atoms. The van der Waals surface area contributed by atoms with Gasteiger partial charge in [-0.1, -0.05) is 51.4 Å². The second-order valence-corrected chi connectivity index (χ2v) is 14.3. The number of hydrogen-bond donors (Lipinski definition) is 6. The minimum absolute atomic E-state index is 0. The van der Waals surface area contributed by atoms with Gasteiger partial charge in [0.1, 0.15) is 5.78 Å². The van der Waals surface area contributed by atoms with Gasteiger partial charge in [-0.05, 0) is 71.1 Å². The van der Waals surface area contributed by atoms with Gasteiger partial charge in [0.25, 0.3) is 0 Å². The normalized spacial score (nSPS) is 11.8. The molecule has 0 spiro atoms. The van der Waals surface area contributed by atoms with Crippen molar-refractivity contribution in [2.45, 2.75) is 173 Å². The van der Waals surface area contributed by atoms with Crippen LogP contribution < -0.4 is 21.3 Å². The van der Waals surface area contributed by atoms with Crippen LogP contribution in [0.2, 0.25) is 0 Å². The summed E-state index contributed by atoms with van der Waals surface area (Å²) in [6, 6.07) is -1.12. The van der Waals surface area contributed by atoms with Crippen molar-refractivity contribution in [2.24, 2.45) is 5.92 Å². The Labute approximate surface area is 373 Å². The van der Waals surface area contributed by atoms with Crippen LogP contribution in [0.15, 0.2) is 0 Å². The van der Waals surface area contributed by atoms with Crippen LogP contribution >= 0.6 is 0 Å². The Bertz CT molecular complexity index is 1100. The van der Waals surface area contributed by atoms with Crippen LogP contribution in [-0.2, 0) is 65.9 Å². The summed E-state index contributed by atoms with van der Waals surface area (Å²) in [6.07, 6.45) is 13.2. The largest absolute Gasteiger partial charge is 2.00 e. The molecule has 3 atom stereocenters. The average Bonchev–Trinajstić information content (AvgIpc) is 3.12. The molecular weight excluding hydrogens is 822 g/mol. The predicted octanol–water partition coefficient (Wildman–Crippen LogP) is 7.56. The molecule has 0 saturated heterocycles. The summed E-state index contributed by atoms with van der Waals surface area (Å²) in [7, 11) is 0. The fraction of sp³-hybridized carbons (Fsp3) is 0.780. The van der Waals surface area contributed by atoms with Crippen molar-refractivity contribution >= 4 is 41.4 Å². The monoisotopic (exact) mass is 898 g/mol. The second-order valence-electron chi connectivity index (χ2n) is 14.3. The molecular formula is C41H76N6O9V2. The molecule has 2 radical (unpaired) electrons. The maximum absolute atomic E-state index is 12.9. The van der Waals surface area contributed by atoms with E-state index in [9.17, 15) is 38.7 Å². The zero-order chi connectivity index (χ0) is 40.4. The first-order valence-electron chi connectivity index (χ1n) is 20.3. The molecule has 17 heteroatoms. The molecule has 2 unspecified atom stereocenters. The fourth-order valence-electron chi connectivity index (χ4n) is 5.96. The van der Waals surface area contributed by atoms with Gasteiger partial charge < -0.3 is 57.8 Å². The molecule has 0 aromatic heterocycles. The van der Waals surface area contributed by atoms with Gasteiger partial charge in [0.05, 0.1) is 12.0 Å². The van der Waals surface area contributed by atoms with Gasteiger partial charge in [0.2, 0.25) is 11.8 Å². The number of ketones is 2. The van der Waals surface area contributed by atoms with Gasteiger partial charge >= 0.3 is 55.1 Å². The number of carboxylic acids is 2. The third-order valence-electron chi connectivity index (χ3n) is 9.26. The van der Waals surface area contributed by atoms with Crippen molar-refractivity contribution < 1.29 is 80.9 Å². The Balaban J connectivity index is -0.00000234. The van der Waals surface area contributed by atoms with Crippen molar-refractivity contribution in [3.63, 3.8) is 0 Å². The zero-order valence-corrected chi connectivity index (χ0v) is 38.5. The maximum atomic E-state index is 12.9. The quantitative estimate of drug-likeness (QED) is 0.0265. The molecule has 58 heavy (non-hydrogen) atoms. The van der Waals surface area contributed by atoms with E-state index in [2.05, 4.69) is 21.3 Å². The topological polar surface area (TPSA) is 256 Å². The summed E-state index contributed by atoms with van der Waals surface area (Å²) in [6.45, 7) is 3.40. The summed E-state index contributed by atoms with van der Waals surface area (Å²) in [5.74, 6) is -2.97. The molecule has 0 fully saturated rings. The van der Waals surface area contributed by atoms with Gasteiger partial charge in [-0.3, -0.25) is 28.8 Å². The van der Waals surface area contributed by atoms with Gasteiger partial charge in [-0.15, -0.1) is 0 Å². The summed E-state index contributed by atoms with van der Waals surface area (Å²) in [5.41, 5.74) is 14.5. The molecule has 4 amide bonds. The molecule has 0 aliphatic heterocycles. The van der Waals surface area contributed by atoms with Crippen LogP contribution in [0.25, 0.3) is 11.5 Å². The zero-order valence-electron chi connectivity index (χ0n) is 35.7. The summed E-state index contributed by atoms with van der Waals surface area (Å²) < 4.78 is 0. The third-order valence-corrected chi connectivity index (χ3v) is 9.26. The molecule has 15 nitrogen and oxygen atoms in total. The number of rotatable bonds is 37. The first kappa shape index (κ1) is 64.7. The molecule has 0 aliphatic carbocycles. The average molecular weight is 899 g/mol. The van der Waals surface area contributed by atoms with E-state index in [0.717, 1.165) is 44.9 Å². The smallest absolute Gasteiger partial charge is 0.677 e. The number of nitrogens with one attached hydrogen (secondary N) is 6. The number of unbranched alkanes of at least 4 members (excludes halogenated alkanes) is 10. The van der Waals surface area contributed by atoms with Crippen molar-refractivity contribution in [1.82, 2.24) is 21.3 Å². The van der Waals surface area contributed by atoms with Crippen molar-refractivity contribution in [2.75, 3.05) is 26.2 Å². The van der Waals surface area contributed by atoms with E-state index in [4.69, 9.17) is 16.6 Å². The van der Waals surface area contributed by atoms with Crippen molar-refractivity contribution in [3.8, 4) is 0 Å². The van der Waals surface area contributed by atoms with E-state index in [0.29, 0.717) is 110 Å². The third kappa shape index (κ3) is 40.4. The minimum atomic E-state index is -0.995. The van der Waals surface area contributed by atoms with Crippen LogP contribution in [0.5, 0.6) is 0 Å². The standard InChI is InChI=1S/C39H70N6O9.2CH3.2V/c1-30(23-24-37(50)51)44-39(54)43-28-16-6-15-27-42-35(48)21-10-3-2-8-18-32(46)29-31(38(52)53)17-7-4-9-20-34(47)33(19-12-14-26-41)45-36(49)22-11-5-13-25-40;;;;/h30-31,33,40-41H,2-29H2,1H3,(H,42,48)(H,45,49)(H,50,51)(H,52,53)(H2,43,44,54);2*1H3;;/q-2;2*-1;2*+2/t30-,31?,33?;;;;/m1..../s1. The molecule has 0 rings (SSSR count). The summed E-state index contributed by atoms with van der Waals surface area (Å²) in [4.78, 5) is 84.1. The molecule has 0 aromatic rings. The number of urea groups is 1. The summed E-state index contributed by atoms with van der Waals surface area (Å²) in [5, 5.41) is 29.6. The Morgan fingerprint density at radius 3 is 1.64 bits per heavy atom. The van der Waals surface area contributed by atoms with Gasteiger partial charge in [0.15, 0.2) is 5.78 Å². The molecule has 0 heterocycles. The van der Waals surface area contributed by atoms with Crippen LogP contribution in [0.1, 0.15) is 161 Å². The van der Waals surface area contributed by atoms with Crippen LogP contribution in [0, 0.1) is 20.8 Å². The van der Waals surface area contributed by atoms with Gasteiger partial charge in [-0.2, -0.15) is 13.1 Å². The predicted molar refractivity (Wildman–Crippen MR) is 222 cm³/mol. The number of amides is 4. The van der Waals surface area contributed by atoms with Crippen LogP contribution in [-0.4, -0.2) is 89.8 Å². The molecule has 0 saturated carbocycles. The number of carbonyl (C=O) groups is 7. The first-order chi connectivity index (χ1) is 25.9. The Kier molecular flexibility index (Phi) is 49.3. The van der Waals surface area contributed by atoms with E-state index in [-0.39, 0.29) is 113 Å². The van der Waals surface area contributed by atoms with E-state index >= 15 is 0 Å². The van der Waals surface area contributed by atoms with Crippen LogP contribution in [0.4, 0.5) is 4.79 Å². The number of aliphatic carboxylic acids is 2.